The number of imidazole rings is 1. The number of nitrogens with zero attached hydrogens (tertiary/aromatic N) is 4. The first-order valence-corrected chi connectivity index (χ1v) is 10.8. The molecule has 0 aliphatic carbocycles. The van der Waals surface area contributed by atoms with Gasteiger partial charge in [-0.05, 0) is 43.4 Å². The van der Waals surface area contributed by atoms with Gasteiger partial charge < -0.3 is 19.8 Å². The molecule has 9 nitrogen and oxygen atoms in total. The van der Waals surface area contributed by atoms with Crippen LogP contribution in [0.1, 0.15) is 31.2 Å². The lowest BCUT2D eigenvalue weighted by atomic mass is 10.2. The standard InChI is InChI=1S/C21H26ClN5O4/c1-25-18-17(27(20(23)24-18)13-14-6-8-15(22)9-7-14)19(28)26(21(25)29)10-4-12-31-16-5-2-3-11-30-16/h6-9,16H,2-5,10-13H2,1H3,(H2,23,24). The van der Waals surface area contributed by atoms with E-state index in [4.69, 9.17) is 26.8 Å². The lowest BCUT2D eigenvalue weighted by Crippen LogP contribution is -2.40. The van der Waals surface area contributed by atoms with Crippen molar-refractivity contribution in [2.45, 2.75) is 45.1 Å². The summed E-state index contributed by atoms with van der Waals surface area (Å²) in [6.45, 7) is 1.69. The highest BCUT2D eigenvalue weighted by Crippen LogP contribution is 2.17. The summed E-state index contributed by atoms with van der Waals surface area (Å²) in [6, 6.07) is 7.27. The molecule has 10 heteroatoms. The molecule has 1 unspecified atom stereocenters. The van der Waals surface area contributed by atoms with E-state index in [1.165, 1.54) is 9.13 Å². The van der Waals surface area contributed by atoms with Crippen LogP contribution in [0.3, 0.4) is 0 Å². The van der Waals surface area contributed by atoms with Gasteiger partial charge >= 0.3 is 5.69 Å². The number of benzene rings is 1. The Bertz CT molecular complexity index is 1180. The average Bonchev–Trinajstić information content (AvgIpc) is 3.10. The predicted octanol–water partition coefficient (Wildman–Crippen LogP) is 2.11. The predicted molar refractivity (Wildman–Crippen MR) is 118 cm³/mol. The summed E-state index contributed by atoms with van der Waals surface area (Å²) in [6.07, 6.45) is 3.33. The number of halogens is 1. The van der Waals surface area contributed by atoms with Gasteiger partial charge in [0.1, 0.15) is 0 Å². The molecule has 2 aromatic heterocycles. The Morgan fingerprint density at radius 1 is 1.23 bits per heavy atom. The van der Waals surface area contributed by atoms with E-state index in [9.17, 15) is 9.59 Å². The molecule has 1 atom stereocenters. The topological polar surface area (TPSA) is 106 Å². The number of ether oxygens (including phenoxy) is 2. The van der Waals surface area contributed by atoms with Crippen molar-refractivity contribution in [3.8, 4) is 0 Å². The number of hydrogen-bond acceptors (Lipinski definition) is 6. The Hall–Kier alpha value is -2.62. The van der Waals surface area contributed by atoms with Gasteiger partial charge in [-0.1, -0.05) is 23.7 Å². The number of nitrogen functional groups attached to an aromatic ring is 1. The van der Waals surface area contributed by atoms with Crippen LogP contribution in [0.4, 0.5) is 5.95 Å². The minimum Gasteiger partial charge on any atom is -0.369 e. The largest absolute Gasteiger partial charge is 0.369 e. The molecule has 0 bridgehead atoms. The quantitative estimate of drug-likeness (QED) is 0.556. The molecule has 1 fully saturated rings. The number of anilines is 1. The molecule has 2 N–H and O–H groups in total. The van der Waals surface area contributed by atoms with Gasteiger partial charge in [0.2, 0.25) is 5.95 Å². The van der Waals surface area contributed by atoms with Crippen molar-refractivity contribution in [2.75, 3.05) is 18.9 Å². The van der Waals surface area contributed by atoms with Gasteiger partial charge in [-0.25, -0.2) is 4.79 Å². The fourth-order valence-electron chi connectivity index (χ4n) is 3.80. The second-order valence-corrected chi connectivity index (χ2v) is 8.11. The van der Waals surface area contributed by atoms with Gasteiger partial charge in [0.05, 0.1) is 13.2 Å². The van der Waals surface area contributed by atoms with Crippen LogP contribution in [0.25, 0.3) is 11.2 Å². The number of aryl methyl sites for hydroxylation is 1. The van der Waals surface area contributed by atoms with E-state index in [1.807, 2.05) is 12.1 Å². The molecular formula is C21H26ClN5O4. The molecule has 0 radical (unpaired) electrons. The molecule has 1 aromatic carbocycles. The highest BCUT2D eigenvalue weighted by atomic mass is 35.5. The van der Waals surface area contributed by atoms with Gasteiger partial charge in [-0.3, -0.25) is 13.9 Å². The number of rotatable bonds is 7. The summed E-state index contributed by atoms with van der Waals surface area (Å²) in [7, 11) is 1.59. The van der Waals surface area contributed by atoms with Crippen molar-refractivity contribution in [1.82, 2.24) is 18.7 Å². The lowest BCUT2D eigenvalue weighted by Gasteiger charge is -2.22. The van der Waals surface area contributed by atoms with E-state index in [0.29, 0.717) is 36.7 Å². The smallest absolute Gasteiger partial charge is 0.332 e. The fraction of sp³-hybridized carbons (Fsp3) is 0.476. The maximum atomic E-state index is 13.2. The van der Waals surface area contributed by atoms with Crippen molar-refractivity contribution < 1.29 is 9.47 Å². The van der Waals surface area contributed by atoms with Crippen molar-refractivity contribution in [3.05, 3.63) is 55.7 Å². The number of aromatic nitrogens is 4. The van der Waals surface area contributed by atoms with Crippen LogP contribution >= 0.6 is 11.6 Å². The summed E-state index contributed by atoms with van der Waals surface area (Å²) in [5.74, 6) is 0.174. The minimum atomic E-state index is -0.428. The van der Waals surface area contributed by atoms with Crippen molar-refractivity contribution >= 4 is 28.7 Å². The molecule has 31 heavy (non-hydrogen) atoms. The lowest BCUT2D eigenvalue weighted by molar-refractivity contribution is -0.163. The molecule has 1 saturated heterocycles. The fourth-order valence-corrected chi connectivity index (χ4v) is 3.92. The van der Waals surface area contributed by atoms with Crippen LogP contribution in [-0.2, 0) is 29.6 Å². The Labute approximate surface area is 184 Å². The third-order valence-corrected chi connectivity index (χ3v) is 5.74. The zero-order valence-corrected chi connectivity index (χ0v) is 18.2. The van der Waals surface area contributed by atoms with Crippen LogP contribution in [-0.4, -0.2) is 38.2 Å². The van der Waals surface area contributed by atoms with E-state index >= 15 is 0 Å². The summed E-state index contributed by atoms with van der Waals surface area (Å²) in [4.78, 5) is 30.3. The SMILES string of the molecule is Cn1c(=O)n(CCCOC2CCCCO2)c(=O)c2c1nc(N)n2Cc1ccc(Cl)cc1. The third-order valence-electron chi connectivity index (χ3n) is 5.48. The summed E-state index contributed by atoms with van der Waals surface area (Å²) in [5, 5.41) is 0.623. The molecule has 0 amide bonds. The number of nitrogens with two attached hydrogens (primary N) is 1. The summed E-state index contributed by atoms with van der Waals surface area (Å²) in [5.41, 5.74) is 6.74. The van der Waals surface area contributed by atoms with Gasteiger partial charge in [0.15, 0.2) is 17.5 Å². The number of hydrogen-bond donors (Lipinski definition) is 1. The van der Waals surface area contributed by atoms with Crippen molar-refractivity contribution in [1.29, 1.82) is 0 Å². The van der Waals surface area contributed by atoms with Crippen LogP contribution in [0.2, 0.25) is 5.02 Å². The van der Waals surface area contributed by atoms with Crippen LogP contribution < -0.4 is 17.0 Å². The summed E-state index contributed by atoms with van der Waals surface area (Å²) < 4.78 is 15.5. The first-order chi connectivity index (χ1) is 15.0. The van der Waals surface area contributed by atoms with Gasteiger partial charge in [-0.2, -0.15) is 4.98 Å². The van der Waals surface area contributed by atoms with E-state index in [0.717, 1.165) is 24.8 Å². The highest BCUT2D eigenvalue weighted by molar-refractivity contribution is 6.30. The first kappa shape index (κ1) is 21.6. The van der Waals surface area contributed by atoms with Crippen LogP contribution in [0.5, 0.6) is 0 Å². The second kappa shape index (κ2) is 9.25. The molecule has 0 saturated carbocycles. The maximum Gasteiger partial charge on any atom is 0.332 e. The highest BCUT2D eigenvalue weighted by Gasteiger charge is 2.19. The van der Waals surface area contributed by atoms with E-state index < -0.39 is 11.2 Å². The molecule has 3 heterocycles. The zero-order valence-electron chi connectivity index (χ0n) is 17.4. The van der Waals surface area contributed by atoms with E-state index in [1.54, 1.807) is 23.7 Å². The Kier molecular flexibility index (Phi) is 6.45. The third kappa shape index (κ3) is 4.53. The monoisotopic (exact) mass is 447 g/mol. The maximum absolute atomic E-state index is 13.2. The van der Waals surface area contributed by atoms with Crippen LogP contribution in [0.15, 0.2) is 33.9 Å². The normalized spacial score (nSPS) is 16.8. The molecule has 3 aromatic rings. The average molecular weight is 448 g/mol. The zero-order chi connectivity index (χ0) is 22.0. The minimum absolute atomic E-state index is 0.174. The Morgan fingerprint density at radius 3 is 2.71 bits per heavy atom. The van der Waals surface area contributed by atoms with Crippen molar-refractivity contribution in [2.24, 2.45) is 7.05 Å². The Morgan fingerprint density at radius 2 is 2.00 bits per heavy atom. The molecule has 1 aliphatic rings. The van der Waals surface area contributed by atoms with E-state index in [2.05, 4.69) is 4.98 Å². The molecular weight excluding hydrogens is 422 g/mol. The Balaban J connectivity index is 1.59. The molecule has 166 valence electrons. The molecule has 4 rings (SSSR count). The van der Waals surface area contributed by atoms with Gasteiger partial charge in [0.25, 0.3) is 5.56 Å². The molecule has 0 spiro atoms. The van der Waals surface area contributed by atoms with Gasteiger partial charge in [-0.15, -0.1) is 0 Å². The van der Waals surface area contributed by atoms with Crippen molar-refractivity contribution in [3.63, 3.8) is 0 Å². The number of fused-ring (bicyclic) bond motifs is 1. The second-order valence-electron chi connectivity index (χ2n) is 7.67. The molecule has 1 aliphatic heterocycles. The first-order valence-electron chi connectivity index (χ1n) is 10.4. The van der Waals surface area contributed by atoms with Crippen LogP contribution in [0, 0.1) is 0 Å². The summed E-state index contributed by atoms with van der Waals surface area (Å²) >= 11 is 5.96. The van der Waals surface area contributed by atoms with E-state index in [-0.39, 0.29) is 24.4 Å². The van der Waals surface area contributed by atoms with Gasteiger partial charge in [0, 0.05) is 25.2 Å².